The molecule has 1 atom stereocenters. The normalized spacial score (nSPS) is 22.4. The van der Waals surface area contributed by atoms with E-state index in [9.17, 15) is 4.79 Å². The molecule has 1 unspecified atom stereocenters. The first-order valence-electron chi connectivity index (χ1n) is 10.2. The van der Waals surface area contributed by atoms with Crippen LogP contribution in [0.4, 0.5) is 10.5 Å². The van der Waals surface area contributed by atoms with Gasteiger partial charge in [0.05, 0.1) is 0 Å². The molecule has 0 radical (unpaired) electrons. The highest BCUT2D eigenvalue weighted by molar-refractivity contribution is 5.89. The first kappa shape index (κ1) is 18.8. The van der Waals surface area contributed by atoms with Crippen LogP contribution in [0.15, 0.2) is 48.5 Å². The quantitative estimate of drug-likeness (QED) is 0.824. The van der Waals surface area contributed by atoms with Gasteiger partial charge in [-0.15, -0.1) is 0 Å². The van der Waals surface area contributed by atoms with Crippen molar-refractivity contribution < 1.29 is 9.53 Å². The van der Waals surface area contributed by atoms with Gasteiger partial charge in [0.15, 0.2) is 0 Å². The summed E-state index contributed by atoms with van der Waals surface area (Å²) in [5, 5.41) is 6.41. The highest BCUT2D eigenvalue weighted by atomic mass is 16.5. The fourth-order valence-electron chi connectivity index (χ4n) is 4.21. The number of rotatable bonds is 2. The van der Waals surface area contributed by atoms with Crippen LogP contribution in [-0.2, 0) is 12.0 Å². The molecule has 1 fully saturated rings. The van der Waals surface area contributed by atoms with Gasteiger partial charge in [0.25, 0.3) is 0 Å². The lowest BCUT2D eigenvalue weighted by molar-refractivity contribution is 0.212. The Balaban J connectivity index is 1.41. The van der Waals surface area contributed by atoms with Crippen LogP contribution in [0.2, 0.25) is 0 Å². The lowest BCUT2D eigenvalue weighted by atomic mass is 9.76. The number of carbonyl (C=O) groups excluding carboxylic acids is 1. The van der Waals surface area contributed by atoms with Gasteiger partial charge in [0.2, 0.25) is 0 Å². The van der Waals surface area contributed by atoms with Gasteiger partial charge >= 0.3 is 6.03 Å². The van der Waals surface area contributed by atoms with Gasteiger partial charge in [0.1, 0.15) is 12.4 Å². The van der Waals surface area contributed by atoms with Crippen LogP contribution >= 0.6 is 0 Å². The summed E-state index contributed by atoms with van der Waals surface area (Å²) in [5.74, 6) is 0.899. The molecule has 0 saturated carbocycles. The number of urea groups is 1. The Morgan fingerprint density at radius 1 is 1.14 bits per heavy atom. The Kier molecular flexibility index (Phi) is 5.53. The number of ether oxygens (including phenoxy) is 1. The van der Waals surface area contributed by atoms with Gasteiger partial charge in [-0.25, -0.2) is 4.79 Å². The Hall–Kier alpha value is -2.53. The van der Waals surface area contributed by atoms with Crippen molar-refractivity contribution in [3.63, 3.8) is 0 Å². The number of nitrogens with zero attached hydrogens (tertiary/aromatic N) is 1. The molecule has 0 spiro atoms. The number of hydrogen-bond donors (Lipinski definition) is 2. The van der Waals surface area contributed by atoms with Gasteiger partial charge in [-0.05, 0) is 48.4 Å². The van der Waals surface area contributed by atoms with Crippen molar-refractivity contribution in [2.45, 2.75) is 38.1 Å². The first-order valence-corrected chi connectivity index (χ1v) is 10.2. The van der Waals surface area contributed by atoms with Crippen LogP contribution < -0.4 is 15.4 Å². The minimum atomic E-state index is -0.0141. The lowest BCUT2D eigenvalue weighted by Crippen LogP contribution is -2.36. The molecule has 5 heteroatoms. The molecule has 2 aliphatic heterocycles. The molecule has 2 aliphatic rings. The maximum Gasteiger partial charge on any atom is 0.321 e. The van der Waals surface area contributed by atoms with Crippen molar-refractivity contribution in [2.75, 3.05) is 31.6 Å². The van der Waals surface area contributed by atoms with Crippen LogP contribution in [0.1, 0.15) is 37.3 Å². The fraction of sp³-hybridized carbons (Fsp3) is 0.435. The topological polar surface area (TPSA) is 53.6 Å². The summed E-state index contributed by atoms with van der Waals surface area (Å²) >= 11 is 0. The standard InChI is InChI=1S/C23H29N3O2/c1-23(19-6-3-2-4-7-19)10-5-13-26(14-11-23)22(27)25-20-8-9-21-18(16-20)17-24-12-15-28-21/h2-4,6-9,16,24H,5,10-15,17H2,1H3,(H,25,27). The summed E-state index contributed by atoms with van der Waals surface area (Å²) in [6.45, 7) is 6.16. The Labute approximate surface area is 167 Å². The molecule has 148 valence electrons. The van der Waals surface area contributed by atoms with Gasteiger partial charge < -0.3 is 20.3 Å². The summed E-state index contributed by atoms with van der Waals surface area (Å²) in [7, 11) is 0. The number of hydrogen-bond acceptors (Lipinski definition) is 3. The van der Waals surface area contributed by atoms with Gasteiger partial charge in [0, 0.05) is 37.4 Å². The monoisotopic (exact) mass is 379 g/mol. The van der Waals surface area contributed by atoms with Crippen molar-refractivity contribution in [3.8, 4) is 5.75 Å². The van der Waals surface area contributed by atoms with E-state index in [1.807, 2.05) is 23.1 Å². The molecular formula is C23H29N3O2. The zero-order valence-electron chi connectivity index (χ0n) is 16.5. The van der Waals surface area contributed by atoms with Crippen LogP contribution in [-0.4, -0.2) is 37.2 Å². The second-order valence-electron chi connectivity index (χ2n) is 8.05. The number of likely N-dealkylation sites (tertiary alicyclic amines) is 1. The third kappa shape index (κ3) is 4.14. The second-order valence-corrected chi connectivity index (χ2v) is 8.05. The van der Waals surface area contributed by atoms with Gasteiger partial charge in [-0.3, -0.25) is 0 Å². The molecule has 2 heterocycles. The van der Waals surface area contributed by atoms with Crippen molar-refractivity contribution in [2.24, 2.45) is 0 Å². The number of carbonyl (C=O) groups is 1. The summed E-state index contributed by atoms with van der Waals surface area (Å²) < 4.78 is 5.72. The number of amides is 2. The third-order valence-corrected chi connectivity index (χ3v) is 6.01. The van der Waals surface area contributed by atoms with E-state index in [1.165, 1.54) is 5.56 Å². The largest absolute Gasteiger partial charge is 0.492 e. The maximum absolute atomic E-state index is 12.9. The molecule has 2 aromatic rings. The van der Waals surface area contributed by atoms with Gasteiger partial charge in [-0.1, -0.05) is 37.3 Å². The third-order valence-electron chi connectivity index (χ3n) is 6.01. The Bertz CT molecular complexity index is 824. The summed E-state index contributed by atoms with van der Waals surface area (Å²) in [6.07, 6.45) is 3.09. The van der Waals surface area contributed by atoms with E-state index in [4.69, 9.17) is 4.74 Å². The van der Waals surface area contributed by atoms with Crippen LogP contribution in [0, 0.1) is 0 Å². The molecule has 5 nitrogen and oxygen atoms in total. The maximum atomic E-state index is 12.9. The van der Waals surface area contributed by atoms with E-state index < -0.39 is 0 Å². The molecular weight excluding hydrogens is 350 g/mol. The molecule has 2 aromatic carbocycles. The zero-order valence-corrected chi connectivity index (χ0v) is 16.5. The minimum absolute atomic E-state index is 0.0141. The van der Waals surface area contributed by atoms with E-state index in [0.29, 0.717) is 6.61 Å². The minimum Gasteiger partial charge on any atom is -0.492 e. The average Bonchev–Trinajstić information content (AvgIpc) is 3.07. The van der Waals surface area contributed by atoms with E-state index in [2.05, 4.69) is 47.9 Å². The second kappa shape index (κ2) is 8.23. The summed E-state index contributed by atoms with van der Waals surface area (Å²) in [6, 6.07) is 16.6. The Morgan fingerprint density at radius 2 is 2.00 bits per heavy atom. The van der Waals surface area contributed by atoms with Crippen LogP contribution in [0.5, 0.6) is 5.75 Å². The summed E-state index contributed by atoms with van der Waals surface area (Å²) in [5.41, 5.74) is 3.41. The van der Waals surface area contributed by atoms with E-state index in [1.54, 1.807) is 0 Å². The highest BCUT2D eigenvalue weighted by Crippen LogP contribution is 2.35. The Morgan fingerprint density at radius 3 is 2.86 bits per heavy atom. The number of anilines is 1. The molecule has 0 aliphatic carbocycles. The molecule has 4 rings (SSSR count). The molecule has 2 amide bonds. The predicted molar refractivity (Wildman–Crippen MR) is 112 cm³/mol. The van der Waals surface area contributed by atoms with Crippen LogP contribution in [0.3, 0.4) is 0 Å². The number of benzene rings is 2. The van der Waals surface area contributed by atoms with Crippen molar-refractivity contribution in [1.82, 2.24) is 10.2 Å². The molecule has 2 N–H and O–H groups in total. The lowest BCUT2D eigenvalue weighted by Gasteiger charge is -2.29. The highest BCUT2D eigenvalue weighted by Gasteiger charge is 2.31. The fourth-order valence-corrected chi connectivity index (χ4v) is 4.21. The number of fused-ring (bicyclic) bond motifs is 1. The van der Waals surface area contributed by atoms with Crippen molar-refractivity contribution >= 4 is 11.7 Å². The average molecular weight is 380 g/mol. The van der Waals surface area contributed by atoms with Crippen molar-refractivity contribution in [1.29, 1.82) is 0 Å². The van der Waals surface area contributed by atoms with E-state index in [0.717, 1.165) is 62.4 Å². The number of nitrogens with one attached hydrogen (secondary N) is 2. The van der Waals surface area contributed by atoms with E-state index in [-0.39, 0.29) is 11.4 Å². The summed E-state index contributed by atoms with van der Waals surface area (Å²) in [4.78, 5) is 14.8. The smallest absolute Gasteiger partial charge is 0.321 e. The SMILES string of the molecule is CC1(c2ccccc2)CCCN(C(=O)Nc2ccc3c(c2)CNCCO3)CC1. The predicted octanol–water partition coefficient (Wildman–Crippen LogP) is 4.14. The van der Waals surface area contributed by atoms with Gasteiger partial charge in [-0.2, -0.15) is 0 Å². The first-order chi connectivity index (χ1) is 13.6. The van der Waals surface area contributed by atoms with Crippen LogP contribution in [0.25, 0.3) is 0 Å². The zero-order chi connectivity index (χ0) is 19.4. The molecule has 1 saturated heterocycles. The molecule has 0 aromatic heterocycles. The van der Waals surface area contributed by atoms with Crippen molar-refractivity contribution in [3.05, 3.63) is 59.7 Å². The van der Waals surface area contributed by atoms with E-state index >= 15 is 0 Å². The molecule has 0 bridgehead atoms. The molecule has 28 heavy (non-hydrogen) atoms.